The van der Waals surface area contributed by atoms with Crippen molar-refractivity contribution in [3.05, 3.63) is 51.2 Å². The van der Waals surface area contributed by atoms with Crippen LogP contribution in [0.2, 0.25) is 0 Å². The number of benzene rings is 1. The van der Waals surface area contributed by atoms with Crippen molar-refractivity contribution < 1.29 is 12.8 Å². The molecule has 130 valence electrons. The molecule has 0 unspecified atom stereocenters. The van der Waals surface area contributed by atoms with Crippen LogP contribution >= 0.6 is 11.3 Å². The minimum atomic E-state index is -3.36. The number of sulfonamides is 1. The second kappa shape index (κ2) is 6.90. The van der Waals surface area contributed by atoms with Crippen LogP contribution < -0.4 is 0 Å². The Bertz CT molecular complexity index is 788. The lowest BCUT2D eigenvalue weighted by Gasteiger charge is -2.30. The van der Waals surface area contributed by atoms with Crippen molar-refractivity contribution >= 4 is 21.4 Å². The largest absolute Gasteiger partial charge is 0.246 e. The average Bonchev–Trinajstić information content (AvgIpc) is 2.89. The molecule has 0 radical (unpaired) electrons. The molecule has 1 aromatic carbocycles. The monoisotopic (exact) mass is 368 g/mol. The zero-order valence-corrected chi connectivity index (χ0v) is 15.5. The third-order valence-corrected chi connectivity index (χ3v) is 7.59. The molecule has 2 heterocycles. The molecule has 1 saturated heterocycles. The van der Waals surface area contributed by atoms with Gasteiger partial charge < -0.3 is 0 Å². The molecule has 0 aliphatic carbocycles. The van der Waals surface area contributed by atoms with E-state index in [2.05, 4.69) is 11.9 Å². The highest BCUT2D eigenvalue weighted by Crippen LogP contribution is 2.33. The fraction of sp³-hybridized carbons (Fsp3) is 0.471. The van der Waals surface area contributed by atoms with Crippen LogP contribution in [0, 0.1) is 19.7 Å². The molecular formula is C17H21FN2O2S2. The quantitative estimate of drug-likeness (QED) is 0.828. The Morgan fingerprint density at radius 1 is 1.21 bits per heavy atom. The first kappa shape index (κ1) is 17.5. The van der Waals surface area contributed by atoms with Gasteiger partial charge in [-0.15, -0.1) is 11.3 Å². The molecule has 4 nitrogen and oxygen atoms in total. The van der Waals surface area contributed by atoms with Crippen LogP contribution in [0.15, 0.2) is 24.3 Å². The van der Waals surface area contributed by atoms with Gasteiger partial charge in [0.15, 0.2) is 0 Å². The van der Waals surface area contributed by atoms with Gasteiger partial charge in [-0.1, -0.05) is 12.1 Å². The number of thiazole rings is 1. The number of hydrogen-bond donors (Lipinski definition) is 0. The van der Waals surface area contributed by atoms with Crippen molar-refractivity contribution in [3.8, 4) is 0 Å². The maximum Gasteiger partial charge on any atom is 0.218 e. The lowest BCUT2D eigenvalue weighted by molar-refractivity contribution is 0.318. The highest BCUT2D eigenvalue weighted by molar-refractivity contribution is 7.88. The van der Waals surface area contributed by atoms with Gasteiger partial charge in [0.25, 0.3) is 0 Å². The zero-order valence-electron chi connectivity index (χ0n) is 13.8. The van der Waals surface area contributed by atoms with E-state index in [9.17, 15) is 12.8 Å². The Kier molecular flexibility index (Phi) is 5.03. The Balaban J connectivity index is 1.63. The normalized spacial score (nSPS) is 17.3. The summed E-state index contributed by atoms with van der Waals surface area (Å²) in [6, 6.07) is 5.65. The first-order valence-electron chi connectivity index (χ1n) is 8.01. The SMILES string of the molecule is Cc1nc(C2CCN(S(=O)(=O)Cc3ccc(F)cc3)CC2)sc1C. The fourth-order valence-corrected chi connectivity index (χ4v) is 5.59. The molecule has 1 aromatic heterocycles. The lowest BCUT2D eigenvalue weighted by atomic mass is 9.99. The van der Waals surface area contributed by atoms with Crippen molar-refractivity contribution in [2.75, 3.05) is 13.1 Å². The first-order chi connectivity index (χ1) is 11.3. The molecular weight excluding hydrogens is 347 g/mol. The van der Waals surface area contributed by atoms with Crippen LogP contribution in [-0.4, -0.2) is 30.8 Å². The fourth-order valence-electron chi connectivity index (χ4n) is 2.94. The number of halogens is 1. The van der Waals surface area contributed by atoms with Crippen LogP contribution in [0.1, 0.15) is 39.9 Å². The number of aromatic nitrogens is 1. The lowest BCUT2D eigenvalue weighted by Crippen LogP contribution is -2.38. The van der Waals surface area contributed by atoms with Crippen molar-refractivity contribution in [1.82, 2.24) is 9.29 Å². The second-order valence-corrected chi connectivity index (χ2v) is 9.45. The Morgan fingerprint density at radius 3 is 2.38 bits per heavy atom. The molecule has 0 saturated carbocycles. The molecule has 2 aromatic rings. The summed E-state index contributed by atoms with van der Waals surface area (Å²) < 4.78 is 39.6. The molecule has 7 heteroatoms. The average molecular weight is 368 g/mol. The standard InChI is InChI=1S/C17H21FN2O2S2/c1-12-13(2)23-17(19-12)15-7-9-20(10-8-15)24(21,22)11-14-3-5-16(18)6-4-14/h3-6,15H,7-11H2,1-2H3. The molecule has 0 N–H and O–H groups in total. The van der Waals surface area contributed by atoms with E-state index < -0.39 is 10.0 Å². The predicted octanol–water partition coefficient (Wildman–Crippen LogP) is 3.61. The van der Waals surface area contributed by atoms with Gasteiger partial charge in [-0.2, -0.15) is 0 Å². The Hall–Kier alpha value is -1.31. The van der Waals surface area contributed by atoms with E-state index >= 15 is 0 Å². The summed E-state index contributed by atoms with van der Waals surface area (Å²) >= 11 is 1.72. The third-order valence-electron chi connectivity index (χ3n) is 4.50. The molecule has 1 fully saturated rings. The van der Waals surface area contributed by atoms with E-state index in [0.717, 1.165) is 23.5 Å². The minimum Gasteiger partial charge on any atom is -0.246 e. The van der Waals surface area contributed by atoms with Crippen LogP contribution in [0.25, 0.3) is 0 Å². The van der Waals surface area contributed by atoms with Crippen molar-refractivity contribution in [2.24, 2.45) is 0 Å². The zero-order chi connectivity index (χ0) is 17.3. The molecule has 1 aliphatic heterocycles. The van der Waals surface area contributed by atoms with E-state index in [-0.39, 0.29) is 11.6 Å². The van der Waals surface area contributed by atoms with Gasteiger partial charge in [-0.3, -0.25) is 0 Å². The van der Waals surface area contributed by atoms with Crippen LogP contribution in [-0.2, 0) is 15.8 Å². The molecule has 24 heavy (non-hydrogen) atoms. The van der Waals surface area contributed by atoms with Gasteiger partial charge in [-0.05, 0) is 44.4 Å². The molecule has 0 spiro atoms. The molecule has 0 bridgehead atoms. The summed E-state index contributed by atoms with van der Waals surface area (Å²) in [5.74, 6) is -0.0846. The maximum absolute atomic E-state index is 12.9. The van der Waals surface area contributed by atoms with Crippen LogP contribution in [0.5, 0.6) is 0 Å². The topological polar surface area (TPSA) is 50.3 Å². The van der Waals surface area contributed by atoms with Gasteiger partial charge in [0.1, 0.15) is 5.82 Å². The van der Waals surface area contributed by atoms with E-state index in [4.69, 9.17) is 0 Å². The van der Waals surface area contributed by atoms with Crippen molar-refractivity contribution in [2.45, 2.75) is 38.4 Å². The summed E-state index contributed by atoms with van der Waals surface area (Å²) in [5.41, 5.74) is 1.69. The van der Waals surface area contributed by atoms with Gasteiger partial charge in [-0.25, -0.2) is 22.1 Å². The summed E-state index contributed by atoms with van der Waals surface area (Å²) in [7, 11) is -3.36. The van der Waals surface area contributed by atoms with Gasteiger partial charge in [0.2, 0.25) is 10.0 Å². The molecule has 3 rings (SSSR count). The van der Waals surface area contributed by atoms with E-state index in [0.29, 0.717) is 24.6 Å². The van der Waals surface area contributed by atoms with E-state index in [1.165, 1.54) is 29.1 Å². The van der Waals surface area contributed by atoms with Crippen molar-refractivity contribution in [1.29, 1.82) is 0 Å². The van der Waals surface area contributed by atoms with E-state index in [1.807, 2.05) is 6.92 Å². The van der Waals surface area contributed by atoms with Gasteiger partial charge in [0.05, 0.1) is 16.5 Å². The summed E-state index contributed by atoms with van der Waals surface area (Å²) in [5, 5.41) is 1.13. The van der Waals surface area contributed by atoms with Gasteiger partial charge in [0, 0.05) is 23.9 Å². The molecule has 0 amide bonds. The summed E-state index contributed by atoms with van der Waals surface area (Å²) in [6.07, 6.45) is 1.60. The summed E-state index contributed by atoms with van der Waals surface area (Å²) in [4.78, 5) is 5.84. The highest BCUT2D eigenvalue weighted by Gasteiger charge is 2.30. The van der Waals surface area contributed by atoms with Gasteiger partial charge >= 0.3 is 0 Å². The summed E-state index contributed by atoms with van der Waals surface area (Å²) in [6.45, 7) is 5.12. The number of rotatable bonds is 4. The van der Waals surface area contributed by atoms with Crippen molar-refractivity contribution in [3.63, 3.8) is 0 Å². The number of hydrogen-bond acceptors (Lipinski definition) is 4. The number of nitrogens with zero attached hydrogens (tertiary/aromatic N) is 2. The second-order valence-electron chi connectivity index (χ2n) is 6.25. The Labute approximate surface area is 146 Å². The highest BCUT2D eigenvalue weighted by atomic mass is 32.2. The Morgan fingerprint density at radius 2 is 1.83 bits per heavy atom. The number of aryl methyl sites for hydroxylation is 2. The smallest absolute Gasteiger partial charge is 0.218 e. The van der Waals surface area contributed by atoms with Crippen LogP contribution in [0.3, 0.4) is 0 Å². The first-order valence-corrected chi connectivity index (χ1v) is 10.4. The molecule has 0 atom stereocenters. The predicted molar refractivity (Wildman–Crippen MR) is 94.2 cm³/mol. The molecule has 1 aliphatic rings. The van der Waals surface area contributed by atoms with E-state index in [1.54, 1.807) is 15.6 Å². The minimum absolute atomic E-state index is 0.0760. The van der Waals surface area contributed by atoms with Crippen LogP contribution in [0.4, 0.5) is 4.39 Å². The third kappa shape index (κ3) is 3.84. The number of piperidine rings is 1. The maximum atomic E-state index is 12.9.